The number of fused-ring (bicyclic) bond motifs is 1. The first-order valence-electron chi connectivity index (χ1n) is 9.66. The lowest BCUT2D eigenvalue weighted by Crippen LogP contribution is -2.09. The summed E-state index contributed by atoms with van der Waals surface area (Å²) in [5, 5.41) is 29.5. The standard InChI is InChI=1S/C20H17N3O11S3/c1-3-35(27,28)13-4-5-16(19(25)9-13)22-23-18-10-15-12(7-20(18)37(32,33)34-26)6-14(36(29,30)31)8-17(15)21-11(2)24/h3-10,25-26H,1H2,2H3,(H,21,24)(H,29,30,31). The van der Waals surface area contributed by atoms with Crippen LogP contribution in [-0.4, -0.2) is 46.1 Å². The maximum absolute atomic E-state index is 12.3. The van der Waals surface area contributed by atoms with Crippen molar-refractivity contribution in [3.05, 3.63) is 54.5 Å². The molecule has 0 bridgehead atoms. The minimum atomic E-state index is -4.90. The van der Waals surface area contributed by atoms with Crippen molar-refractivity contribution in [2.45, 2.75) is 21.6 Å². The van der Waals surface area contributed by atoms with Crippen LogP contribution in [-0.2, 0) is 39.2 Å². The Kier molecular flexibility index (Phi) is 7.49. The maximum atomic E-state index is 12.3. The van der Waals surface area contributed by atoms with E-state index < -0.39 is 57.2 Å². The Morgan fingerprint density at radius 1 is 0.973 bits per heavy atom. The van der Waals surface area contributed by atoms with Crippen molar-refractivity contribution in [2.75, 3.05) is 5.32 Å². The fourth-order valence-corrected chi connectivity index (χ4v) is 5.06. The molecule has 3 aromatic rings. The number of hydrogen-bond acceptors (Lipinski definition) is 12. The third kappa shape index (κ3) is 5.98. The van der Waals surface area contributed by atoms with Gasteiger partial charge in [0.05, 0.1) is 15.5 Å². The average molecular weight is 572 g/mol. The first kappa shape index (κ1) is 27.8. The molecule has 196 valence electrons. The zero-order chi connectivity index (χ0) is 27.8. The number of benzene rings is 3. The number of hydrogen-bond donors (Lipinski definition) is 4. The van der Waals surface area contributed by atoms with Crippen molar-refractivity contribution in [3.8, 4) is 5.75 Å². The van der Waals surface area contributed by atoms with Crippen molar-refractivity contribution in [2.24, 2.45) is 10.2 Å². The van der Waals surface area contributed by atoms with Crippen molar-refractivity contribution >= 4 is 63.8 Å². The molecule has 37 heavy (non-hydrogen) atoms. The number of nitrogens with zero attached hydrogens (tertiary/aromatic N) is 2. The first-order chi connectivity index (χ1) is 17.1. The summed E-state index contributed by atoms with van der Waals surface area (Å²) in [6.07, 6.45) is 0. The van der Waals surface area contributed by atoms with Crippen LogP contribution in [0, 0.1) is 0 Å². The van der Waals surface area contributed by atoms with Crippen LogP contribution in [0.25, 0.3) is 10.8 Å². The Balaban J connectivity index is 2.29. The highest BCUT2D eigenvalue weighted by molar-refractivity contribution is 7.94. The maximum Gasteiger partial charge on any atom is 0.325 e. The Hall–Kier alpha value is -3.74. The van der Waals surface area contributed by atoms with E-state index in [-0.39, 0.29) is 27.0 Å². The topological polar surface area (TPSA) is 226 Å². The number of carbonyl (C=O) groups is 1. The molecule has 4 N–H and O–H groups in total. The van der Waals surface area contributed by atoms with Crippen LogP contribution in [0.3, 0.4) is 0 Å². The molecule has 0 radical (unpaired) electrons. The minimum Gasteiger partial charge on any atom is -0.506 e. The van der Waals surface area contributed by atoms with E-state index >= 15 is 0 Å². The van der Waals surface area contributed by atoms with Crippen LogP contribution in [0.2, 0.25) is 0 Å². The van der Waals surface area contributed by atoms with Gasteiger partial charge in [0.25, 0.3) is 10.1 Å². The lowest BCUT2D eigenvalue weighted by molar-refractivity contribution is -0.130. The normalized spacial score (nSPS) is 12.6. The van der Waals surface area contributed by atoms with E-state index in [1.807, 2.05) is 0 Å². The van der Waals surface area contributed by atoms with E-state index in [2.05, 4.69) is 26.5 Å². The van der Waals surface area contributed by atoms with Gasteiger partial charge in [0.1, 0.15) is 22.0 Å². The van der Waals surface area contributed by atoms with Gasteiger partial charge in [0.2, 0.25) is 5.91 Å². The summed E-state index contributed by atoms with van der Waals surface area (Å²) in [5.74, 6) is -1.26. The molecule has 0 aliphatic heterocycles. The molecule has 0 aliphatic carbocycles. The Labute approximate surface area is 210 Å². The van der Waals surface area contributed by atoms with Gasteiger partial charge in [-0.15, -0.1) is 14.6 Å². The molecule has 1 amide bonds. The largest absolute Gasteiger partial charge is 0.506 e. The van der Waals surface area contributed by atoms with Gasteiger partial charge in [-0.2, -0.15) is 16.8 Å². The molecule has 3 rings (SSSR count). The minimum absolute atomic E-state index is 0.0464. The lowest BCUT2D eigenvalue weighted by atomic mass is 10.1. The van der Waals surface area contributed by atoms with Gasteiger partial charge in [0.15, 0.2) is 9.84 Å². The predicted molar refractivity (Wildman–Crippen MR) is 129 cm³/mol. The number of amides is 1. The molecule has 0 heterocycles. The number of anilines is 1. The SMILES string of the molecule is C=CS(=O)(=O)c1ccc(N=Nc2cc3c(NC(C)=O)cc(S(=O)(=O)O)cc3cc2S(=O)(=O)OO)c(O)c1. The highest BCUT2D eigenvalue weighted by Crippen LogP contribution is 2.38. The molecule has 0 atom stereocenters. The highest BCUT2D eigenvalue weighted by Gasteiger charge is 2.24. The quantitative estimate of drug-likeness (QED) is 0.133. The molecular formula is C20H17N3O11S3. The summed E-state index contributed by atoms with van der Waals surface area (Å²) in [5.41, 5.74) is -0.917. The predicted octanol–water partition coefficient (Wildman–Crippen LogP) is 3.26. The fraction of sp³-hybridized carbons (Fsp3) is 0.0500. The second-order valence-corrected chi connectivity index (χ2v) is 12.1. The molecule has 17 heteroatoms. The Bertz CT molecular complexity index is 1800. The average Bonchev–Trinajstić information content (AvgIpc) is 2.81. The van der Waals surface area contributed by atoms with Gasteiger partial charge in [-0.25, -0.2) is 13.7 Å². The van der Waals surface area contributed by atoms with Crippen LogP contribution in [0.5, 0.6) is 5.75 Å². The molecule has 0 unspecified atom stereocenters. The number of aromatic hydroxyl groups is 1. The monoisotopic (exact) mass is 571 g/mol. The lowest BCUT2D eigenvalue weighted by Gasteiger charge is -2.12. The van der Waals surface area contributed by atoms with E-state index in [0.717, 1.165) is 49.4 Å². The number of nitrogens with one attached hydrogen (secondary N) is 1. The summed E-state index contributed by atoms with van der Waals surface area (Å²) in [7, 11) is -13.6. The van der Waals surface area contributed by atoms with Gasteiger partial charge in [-0.3, -0.25) is 9.35 Å². The van der Waals surface area contributed by atoms with Crippen molar-refractivity contribution in [1.29, 1.82) is 0 Å². The van der Waals surface area contributed by atoms with E-state index in [4.69, 9.17) is 5.26 Å². The van der Waals surface area contributed by atoms with Gasteiger partial charge in [-0.1, -0.05) is 6.58 Å². The van der Waals surface area contributed by atoms with E-state index in [1.54, 1.807) is 0 Å². The third-order valence-electron chi connectivity index (χ3n) is 4.74. The fourth-order valence-electron chi connectivity index (χ4n) is 3.08. The zero-order valence-corrected chi connectivity index (χ0v) is 21.0. The summed E-state index contributed by atoms with van der Waals surface area (Å²) in [6.45, 7) is 4.29. The molecule has 0 spiro atoms. The summed E-state index contributed by atoms with van der Waals surface area (Å²) in [6, 6.07) is 6.75. The molecule has 14 nitrogen and oxygen atoms in total. The van der Waals surface area contributed by atoms with Gasteiger partial charge >= 0.3 is 10.1 Å². The second-order valence-electron chi connectivity index (χ2n) is 7.26. The molecule has 0 saturated heterocycles. The number of carbonyl (C=O) groups excluding carboxylic acids is 1. The van der Waals surface area contributed by atoms with E-state index in [9.17, 15) is 39.7 Å². The van der Waals surface area contributed by atoms with Crippen LogP contribution >= 0.6 is 0 Å². The molecule has 0 aliphatic rings. The van der Waals surface area contributed by atoms with E-state index in [0.29, 0.717) is 5.41 Å². The van der Waals surface area contributed by atoms with Crippen LogP contribution in [0.4, 0.5) is 17.1 Å². The van der Waals surface area contributed by atoms with Crippen LogP contribution < -0.4 is 5.32 Å². The molecule has 0 aromatic heterocycles. The Morgan fingerprint density at radius 2 is 1.62 bits per heavy atom. The van der Waals surface area contributed by atoms with Gasteiger partial charge < -0.3 is 10.4 Å². The second kappa shape index (κ2) is 9.96. The van der Waals surface area contributed by atoms with Gasteiger partial charge in [-0.05, 0) is 41.8 Å². The third-order valence-corrected chi connectivity index (χ3v) is 7.99. The molecule has 0 saturated carbocycles. The van der Waals surface area contributed by atoms with Crippen molar-refractivity contribution in [3.63, 3.8) is 0 Å². The number of phenols is 1. The summed E-state index contributed by atoms with van der Waals surface area (Å²) >= 11 is 0. The number of rotatable bonds is 8. The molecular weight excluding hydrogens is 554 g/mol. The summed E-state index contributed by atoms with van der Waals surface area (Å²) in [4.78, 5) is 9.87. The smallest absolute Gasteiger partial charge is 0.325 e. The molecule has 0 fully saturated rings. The number of sulfone groups is 1. The Morgan fingerprint density at radius 3 is 2.16 bits per heavy atom. The zero-order valence-electron chi connectivity index (χ0n) is 18.6. The van der Waals surface area contributed by atoms with Crippen molar-refractivity contribution in [1.82, 2.24) is 0 Å². The number of azo groups is 1. The molecule has 3 aromatic carbocycles. The van der Waals surface area contributed by atoms with Crippen LogP contribution in [0.15, 0.2) is 79.4 Å². The van der Waals surface area contributed by atoms with E-state index in [1.165, 1.54) is 0 Å². The van der Waals surface area contributed by atoms with Crippen LogP contribution in [0.1, 0.15) is 6.92 Å². The first-order valence-corrected chi connectivity index (χ1v) is 14.1. The highest BCUT2D eigenvalue weighted by atomic mass is 32.2. The number of phenolic OH excluding ortho intramolecular Hbond substituents is 1. The van der Waals surface area contributed by atoms with Crippen molar-refractivity contribution < 1.29 is 49.3 Å². The summed E-state index contributed by atoms with van der Waals surface area (Å²) < 4.78 is 84.8. The van der Waals surface area contributed by atoms with Gasteiger partial charge in [0, 0.05) is 23.8 Å².